The molecule has 4 nitrogen and oxygen atoms in total. The molecule has 2 aliphatic heterocycles. The highest BCUT2D eigenvalue weighted by atomic mass is 16.5. The van der Waals surface area contributed by atoms with E-state index in [1.54, 1.807) is 0 Å². The topological polar surface area (TPSA) is 35.9 Å². The van der Waals surface area contributed by atoms with E-state index in [9.17, 15) is 5.11 Å². The number of nitrogens with zero attached hydrogens (tertiary/aromatic N) is 2. The van der Waals surface area contributed by atoms with Gasteiger partial charge in [0, 0.05) is 51.3 Å². The number of aliphatic hydroxyl groups excluding tert-OH is 1. The fourth-order valence-electron chi connectivity index (χ4n) is 3.22. The quantitative estimate of drug-likeness (QED) is 0.771. The largest absolute Gasteiger partial charge is 0.396 e. The number of rotatable bonds is 5. The second-order valence-electron chi connectivity index (χ2n) is 6.48. The number of hydrogen-bond donors (Lipinski definition) is 1. The lowest BCUT2D eigenvalue weighted by Gasteiger charge is -2.39. The third kappa shape index (κ3) is 3.05. The molecule has 18 heavy (non-hydrogen) atoms. The summed E-state index contributed by atoms with van der Waals surface area (Å²) < 4.78 is 5.48. The average molecular weight is 254 g/mol. The summed E-state index contributed by atoms with van der Waals surface area (Å²) in [5.41, 5.74) is 0.0265. The van der Waals surface area contributed by atoms with Gasteiger partial charge in [-0.15, -0.1) is 0 Å². The SMILES string of the molecule is OCC1(CN2CCN(CC3CC3)CC2)CCOC1. The van der Waals surface area contributed by atoms with Crippen molar-refractivity contribution in [1.82, 2.24) is 9.80 Å². The molecular weight excluding hydrogens is 228 g/mol. The predicted octanol–water partition coefficient (Wildman–Crippen LogP) is 0.413. The highest BCUT2D eigenvalue weighted by Crippen LogP contribution is 2.31. The van der Waals surface area contributed by atoms with E-state index in [1.807, 2.05) is 0 Å². The van der Waals surface area contributed by atoms with Crippen molar-refractivity contribution in [1.29, 1.82) is 0 Å². The molecule has 2 heterocycles. The van der Waals surface area contributed by atoms with Crippen molar-refractivity contribution in [2.75, 3.05) is 59.1 Å². The van der Waals surface area contributed by atoms with Gasteiger partial charge in [-0.3, -0.25) is 0 Å². The molecule has 1 unspecified atom stereocenters. The Balaban J connectivity index is 1.44. The lowest BCUT2D eigenvalue weighted by molar-refractivity contribution is 0.0356. The molecule has 3 fully saturated rings. The Kier molecular flexibility index (Phi) is 3.89. The summed E-state index contributed by atoms with van der Waals surface area (Å²) >= 11 is 0. The molecule has 0 aromatic rings. The molecule has 0 aromatic heterocycles. The molecule has 104 valence electrons. The fourth-order valence-corrected chi connectivity index (χ4v) is 3.22. The van der Waals surface area contributed by atoms with Crippen LogP contribution in [0.25, 0.3) is 0 Å². The molecule has 1 saturated carbocycles. The minimum Gasteiger partial charge on any atom is -0.396 e. The van der Waals surface area contributed by atoms with Crippen LogP contribution in [0.2, 0.25) is 0 Å². The molecule has 2 saturated heterocycles. The Hall–Kier alpha value is -0.160. The van der Waals surface area contributed by atoms with E-state index < -0.39 is 0 Å². The second-order valence-corrected chi connectivity index (χ2v) is 6.48. The first kappa shape index (κ1) is 12.9. The monoisotopic (exact) mass is 254 g/mol. The third-order valence-electron chi connectivity index (χ3n) is 4.76. The molecule has 0 bridgehead atoms. The van der Waals surface area contributed by atoms with Gasteiger partial charge in [0.05, 0.1) is 13.2 Å². The minimum absolute atomic E-state index is 0.0265. The lowest BCUT2D eigenvalue weighted by Crippen LogP contribution is -2.51. The second kappa shape index (κ2) is 5.45. The molecule has 4 heteroatoms. The summed E-state index contributed by atoms with van der Waals surface area (Å²) in [6.07, 6.45) is 3.92. The summed E-state index contributed by atoms with van der Waals surface area (Å²) in [5.74, 6) is 1.00. The highest BCUT2D eigenvalue weighted by molar-refractivity contribution is 4.88. The number of hydrogen-bond acceptors (Lipinski definition) is 4. The molecule has 0 radical (unpaired) electrons. The van der Waals surface area contributed by atoms with Crippen molar-refractivity contribution in [3.05, 3.63) is 0 Å². The maximum absolute atomic E-state index is 9.61. The van der Waals surface area contributed by atoms with Crippen LogP contribution in [0.5, 0.6) is 0 Å². The van der Waals surface area contributed by atoms with Gasteiger partial charge in [-0.2, -0.15) is 0 Å². The molecule has 1 aliphatic carbocycles. The lowest BCUT2D eigenvalue weighted by atomic mass is 9.87. The van der Waals surface area contributed by atoms with Gasteiger partial charge in [-0.25, -0.2) is 0 Å². The van der Waals surface area contributed by atoms with Gasteiger partial charge in [0.25, 0.3) is 0 Å². The Morgan fingerprint density at radius 1 is 1.11 bits per heavy atom. The van der Waals surface area contributed by atoms with Gasteiger partial charge in [0.2, 0.25) is 0 Å². The molecule has 1 N–H and O–H groups in total. The van der Waals surface area contributed by atoms with Crippen LogP contribution in [0.3, 0.4) is 0 Å². The summed E-state index contributed by atoms with van der Waals surface area (Å²) in [6, 6.07) is 0. The van der Waals surface area contributed by atoms with Gasteiger partial charge >= 0.3 is 0 Å². The van der Waals surface area contributed by atoms with Crippen LogP contribution in [-0.2, 0) is 4.74 Å². The van der Waals surface area contributed by atoms with Gasteiger partial charge in [-0.05, 0) is 25.2 Å². The van der Waals surface area contributed by atoms with Crippen LogP contribution in [0.4, 0.5) is 0 Å². The normalized spacial score (nSPS) is 35.2. The maximum Gasteiger partial charge on any atom is 0.0557 e. The Bertz CT molecular complexity index is 267. The van der Waals surface area contributed by atoms with Crippen molar-refractivity contribution in [2.45, 2.75) is 19.3 Å². The third-order valence-corrected chi connectivity index (χ3v) is 4.76. The molecule has 0 aromatic carbocycles. The minimum atomic E-state index is 0.0265. The standard InChI is InChI=1S/C14H26N2O2/c17-11-14(3-8-18-12-14)10-16-6-4-15(5-7-16)9-13-1-2-13/h13,17H,1-12H2. The maximum atomic E-state index is 9.61. The first-order chi connectivity index (χ1) is 8.80. The number of aliphatic hydroxyl groups is 1. The van der Waals surface area contributed by atoms with E-state index in [0.29, 0.717) is 0 Å². The number of piperazine rings is 1. The van der Waals surface area contributed by atoms with Crippen molar-refractivity contribution >= 4 is 0 Å². The molecule has 3 aliphatic rings. The number of ether oxygens (including phenoxy) is 1. The van der Waals surface area contributed by atoms with E-state index in [-0.39, 0.29) is 12.0 Å². The van der Waals surface area contributed by atoms with Gasteiger partial charge < -0.3 is 19.6 Å². The molecule has 0 amide bonds. The van der Waals surface area contributed by atoms with Crippen molar-refractivity contribution in [3.8, 4) is 0 Å². The predicted molar refractivity (Wildman–Crippen MR) is 70.6 cm³/mol. The summed E-state index contributed by atoms with van der Waals surface area (Å²) in [7, 11) is 0. The Morgan fingerprint density at radius 3 is 2.39 bits per heavy atom. The van der Waals surface area contributed by atoms with Crippen molar-refractivity contribution in [3.63, 3.8) is 0 Å². The molecule has 1 atom stereocenters. The van der Waals surface area contributed by atoms with E-state index in [1.165, 1.54) is 32.5 Å². The van der Waals surface area contributed by atoms with Gasteiger partial charge in [-0.1, -0.05) is 0 Å². The van der Waals surface area contributed by atoms with Crippen LogP contribution in [0, 0.1) is 11.3 Å². The van der Waals surface area contributed by atoms with Crippen LogP contribution < -0.4 is 0 Å². The Morgan fingerprint density at radius 2 is 1.83 bits per heavy atom. The van der Waals surface area contributed by atoms with Crippen LogP contribution in [-0.4, -0.2) is 74.0 Å². The van der Waals surface area contributed by atoms with Crippen molar-refractivity contribution in [2.24, 2.45) is 11.3 Å². The average Bonchev–Trinajstić information content (AvgIpc) is 3.09. The summed E-state index contributed by atoms with van der Waals surface area (Å²) in [4.78, 5) is 5.14. The van der Waals surface area contributed by atoms with Crippen LogP contribution in [0.15, 0.2) is 0 Å². The molecule has 0 spiro atoms. The van der Waals surface area contributed by atoms with Crippen LogP contribution >= 0.6 is 0 Å². The first-order valence-corrected chi connectivity index (χ1v) is 7.43. The van der Waals surface area contributed by atoms with E-state index in [0.717, 1.165) is 45.2 Å². The zero-order valence-corrected chi connectivity index (χ0v) is 11.3. The van der Waals surface area contributed by atoms with Crippen LogP contribution in [0.1, 0.15) is 19.3 Å². The highest BCUT2D eigenvalue weighted by Gasteiger charge is 2.37. The van der Waals surface area contributed by atoms with Gasteiger partial charge in [0.1, 0.15) is 0 Å². The first-order valence-electron chi connectivity index (χ1n) is 7.43. The van der Waals surface area contributed by atoms with Crippen molar-refractivity contribution < 1.29 is 9.84 Å². The molecule has 3 rings (SSSR count). The summed E-state index contributed by atoms with van der Waals surface area (Å²) in [6.45, 7) is 8.91. The summed E-state index contributed by atoms with van der Waals surface area (Å²) in [5, 5.41) is 9.61. The van der Waals surface area contributed by atoms with E-state index in [2.05, 4.69) is 9.80 Å². The van der Waals surface area contributed by atoms with Gasteiger partial charge in [0.15, 0.2) is 0 Å². The zero-order chi connectivity index (χ0) is 12.4. The van der Waals surface area contributed by atoms with E-state index in [4.69, 9.17) is 4.74 Å². The smallest absolute Gasteiger partial charge is 0.0557 e. The molecular formula is C14H26N2O2. The Labute approximate surface area is 110 Å². The zero-order valence-electron chi connectivity index (χ0n) is 11.3. The van der Waals surface area contributed by atoms with E-state index >= 15 is 0 Å². The fraction of sp³-hybridized carbons (Fsp3) is 1.00.